The van der Waals surface area contributed by atoms with E-state index < -0.39 is 102 Å². The molecule has 0 unspecified atom stereocenters. The molecule has 332 valence electrons. The Morgan fingerprint density at radius 3 is 2.00 bits per heavy atom. The summed E-state index contributed by atoms with van der Waals surface area (Å²) in [5.74, 6) is -6.17. The Kier molecular flexibility index (Phi) is 21.0. The van der Waals surface area contributed by atoms with Gasteiger partial charge in [-0.1, -0.05) is 51.1 Å². The lowest BCUT2D eigenvalue weighted by atomic mass is 10.00. The number of guanidine groups is 1. The Morgan fingerprint density at radius 2 is 1.38 bits per heavy atom. The van der Waals surface area contributed by atoms with Crippen LogP contribution in [0.15, 0.2) is 35.3 Å². The summed E-state index contributed by atoms with van der Waals surface area (Å²) in [6.45, 7) is 8.94. The van der Waals surface area contributed by atoms with E-state index in [9.17, 15) is 43.2 Å². The predicted molar refractivity (Wildman–Crippen MR) is 221 cm³/mol. The first-order valence-corrected chi connectivity index (χ1v) is 20.0. The normalized spacial score (nSPS) is 19.6. The molecule has 0 aliphatic carbocycles. The fraction of sp³-hybridized carbons (Fsp3) is 0.590. The molecular formula is C39H62N12O9. The van der Waals surface area contributed by atoms with Crippen LogP contribution in [0.3, 0.4) is 0 Å². The van der Waals surface area contributed by atoms with Gasteiger partial charge in [0, 0.05) is 26.4 Å². The molecule has 1 aromatic rings. The zero-order valence-electron chi connectivity index (χ0n) is 35.1. The Bertz CT molecular complexity index is 1700. The lowest BCUT2D eigenvalue weighted by molar-refractivity contribution is -0.136. The number of amides is 9. The SMILES string of the molecule is CC[C@H](NC(=O)[C@H](C)NC(=O)[C@H](C)NC(C)=O)C(=O)N[C@@H](CCCN=C(N)N)C(=O)N[C@H]1CCNC(=O)CNC(=O)[C@H](Cc2ccccc2)NC(=O)[C@H](CC(C)C)NC1=O. The highest BCUT2D eigenvalue weighted by molar-refractivity contribution is 5.98. The number of carbonyl (C=O) groups is 9. The van der Waals surface area contributed by atoms with Crippen LogP contribution in [0, 0.1) is 5.92 Å². The number of benzene rings is 1. The van der Waals surface area contributed by atoms with Gasteiger partial charge in [0.15, 0.2) is 5.96 Å². The molecule has 21 heteroatoms. The van der Waals surface area contributed by atoms with Crippen LogP contribution in [-0.2, 0) is 49.6 Å². The zero-order valence-corrected chi connectivity index (χ0v) is 35.1. The molecular weight excluding hydrogens is 781 g/mol. The zero-order chi connectivity index (χ0) is 44.9. The Morgan fingerprint density at radius 1 is 0.767 bits per heavy atom. The maximum absolute atomic E-state index is 14.0. The maximum Gasteiger partial charge on any atom is 0.243 e. The topological polar surface area (TPSA) is 326 Å². The van der Waals surface area contributed by atoms with Gasteiger partial charge >= 0.3 is 0 Å². The van der Waals surface area contributed by atoms with Gasteiger partial charge in [-0.3, -0.25) is 48.1 Å². The van der Waals surface area contributed by atoms with E-state index in [0.29, 0.717) is 0 Å². The average Bonchev–Trinajstić information content (AvgIpc) is 3.18. The molecule has 0 saturated carbocycles. The first-order chi connectivity index (χ1) is 28.3. The molecule has 1 saturated heterocycles. The second-order valence-corrected chi connectivity index (χ2v) is 15.0. The molecule has 0 radical (unpaired) electrons. The summed E-state index contributed by atoms with van der Waals surface area (Å²) < 4.78 is 0. The molecule has 1 fully saturated rings. The number of aliphatic imine (C=N–C) groups is 1. The van der Waals surface area contributed by atoms with Gasteiger partial charge in [0.05, 0.1) is 6.54 Å². The summed E-state index contributed by atoms with van der Waals surface area (Å²) in [6, 6.07) is 0.953. The van der Waals surface area contributed by atoms with Crippen molar-refractivity contribution < 1.29 is 43.2 Å². The standard InChI is InChI=1S/C39H62N12O9/c1-7-26(47-33(55)23(5)46-32(54)22(4)45-24(6)52)35(57)48-27(14-11-16-43-39(40)41)36(58)49-28-15-17-42-31(53)20-44-34(56)30(19-25-12-9-8-10-13-25)51-38(60)29(18-21(2)3)50-37(28)59/h8-10,12-13,21-23,26-30H,7,11,14-20H2,1-6H3,(H,42,53)(H,44,56)(H,45,52)(H,46,54)(H,47,55)(H,48,57)(H,49,58)(H,50,59)(H,51,60)(H4,40,41,43)/t22-,23-,26-,27-,28-,29-,30-/m0/s1. The lowest BCUT2D eigenvalue weighted by Gasteiger charge is -2.28. The quantitative estimate of drug-likeness (QED) is 0.0398. The van der Waals surface area contributed by atoms with Crippen molar-refractivity contribution in [2.24, 2.45) is 22.4 Å². The monoisotopic (exact) mass is 842 g/mol. The van der Waals surface area contributed by atoms with Crippen LogP contribution in [0.1, 0.15) is 79.2 Å². The first kappa shape index (κ1) is 49.9. The van der Waals surface area contributed by atoms with Gasteiger partial charge < -0.3 is 59.3 Å². The summed E-state index contributed by atoms with van der Waals surface area (Å²) in [6.07, 6.45) is 0.413. The Hall–Kier alpha value is -6.28. The number of carbonyl (C=O) groups excluding carboxylic acids is 9. The number of nitrogens with two attached hydrogens (primary N) is 2. The van der Waals surface area contributed by atoms with Gasteiger partial charge in [0.1, 0.15) is 42.3 Å². The van der Waals surface area contributed by atoms with Crippen LogP contribution in [0.4, 0.5) is 0 Å². The van der Waals surface area contributed by atoms with Crippen molar-refractivity contribution in [3.63, 3.8) is 0 Å². The minimum atomic E-state index is -1.32. The van der Waals surface area contributed by atoms with Gasteiger partial charge in [-0.15, -0.1) is 0 Å². The number of hydrogen-bond acceptors (Lipinski definition) is 10. The fourth-order valence-electron chi connectivity index (χ4n) is 6.03. The number of nitrogens with one attached hydrogen (secondary N) is 9. The second-order valence-electron chi connectivity index (χ2n) is 15.0. The van der Waals surface area contributed by atoms with Gasteiger partial charge in [-0.05, 0) is 57.4 Å². The number of rotatable bonds is 18. The predicted octanol–water partition coefficient (Wildman–Crippen LogP) is -3.17. The first-order valence-electron chi connectivity index (χ1n) is 20.0. The molecule has 1 aliphatic heterocycles. The van der Waals surface area contributed by atoms with Crippen molar-refractivity contribution in [3.8, 4) is 0 Å². The largest absolute Gasteiger partial charge is 0.370 e. The van der Waals surface area contributed by atoms with Crippen LogP contribution in [0.2, 0.25) is 0 Å². The Balaban J connectivity index is 2.33. The molecule has 0 aromatic heterocycles. The summed E-state index contributed by atoms with van der Waals surface area (Å²) in [5.41, 5.74) is 11.7. The van der Waals surface area contributed by atoms with Crippen LogP contribution < -0.4 is 59.3 Å². The molecule has 13 N–H and O–H groups in total. The molecule has 60 heavy (non-hydrogen) atoms. The van der Waals surface area contributed by atoms with Crippen LogP contribution >= 0.6 is 0 Å². The third-order valence-electron chi connectivity index (χ3n) is 9.25. The Labute approximate surface area is 349 Å². The molecule has 1 aromatic carbocycles. The minimum Gasteiger partial charge on any atom is -0.370 e. The molecule has 0 spiro atoms. The number of hydrogen-bond donors (Lipinski definition) is 11. The maximum atomic E-state index is 14.0. The summed E-state index contributed by atoms with van der Waals surface area (Å²) >= 11 is 0. The van der Waals surface area contributed by atoms with Gasteiger partial charge in [-0.25, -0.2) is 0 Å². The van der Waals surface area contributed by atoms with E-state index in [4.69, 9.17) is 11.5 Å². The van der Waals surface area contributed by atoms with Gasteiger partial charge in [-0.2, -0.15) is 0 Å². The van der Waals surface area contributed by atoms with E-state index in [2.05, 4.69) is 52.8 Å². The summed E-state index contributed by atoms with van der Waals surface area (Å²) in [4.78, 5) is 122. The van der Waals surface area contributed by atoms with E-state index in [0.717, 1.165) is 5.56 Å². The molecule has 9 amide bonds. The van der Waals surface area contributed by atoms with Crippen LogP contribution in [0.25, 0.3) is 0 Å². The van der Waals surface area contributed by atoms with Gasteiger partial charge in [0.2, 0.25) is 53.2 Å². The average molecular weight is 843 g/mol. The summed E-state index contributed by atoms with van der Waals surface area (Å²) in [5, 5.41) is 23.3. The van der Waals surface area contributed by atoms with E-state index in [1.54, 1.807) is 37.3 Å². The molecule has 1 aliphatic rings. The second kappa shape index (κ2) is 25.3. The highest BCUT2D eigenvalue weighted by atomic mass is 16.2. The van der Waals surface area contributed by atoms with Crippen LogP contribution in [0.5, 0.6) is 0 Å². The van der Waals surface area contributed by atoms with E-state index >= 15 is 0 Å². The van der Waals surface area contributed by atoms with E-state index in [-0.39, 0.29) is 63.5 Å². The van der Waals surface area contributed by atoms with Crippen molar-refractivity contribution in [2.75, 3.05) is 19.6 Å². The molecule has 1 heterocycles. The molecule has 0 bridgehead atoms. The van der Waals surface area contributed by atoms with E-state index in [1.807, 2.05) is 13.8 Å². The highest BCUT2D eigenvalue weighted by Crippen LogP contribution is 2.10. The lowest BCUT2D eigenvalue weighted by Crippen LogP contribution is -2.60. The highest BCUT2D eigenvalue weighted by Gasteiger charge is 2.33. The van der Waals surface area contributed by atoms with Gasteiger partial charge in [0.25, 0.3) is 0 Å². The van der Waals surface area contributed by atoms with Crippen molar-refractivity contribution in [1.29, 1.82) is 0 Å². The van der Waals surface area contributed by atoms with Crippen molar-refractivity contribution >= 4 is 59.1 Å². The molecule has 2 rings (SSSR count). The van der Waals surface area contributed by atoms with Crippen LogP contribution in [-0.4, -0.2) is 121 Å². The fourth-order valence-corrected chi connectivity index (χ4v) is 6.03. The minimum absolute atomic E-state index is 0.0157. The third kappa shape index (κ3) is 18.1. The van der Waals surface area contributed by atoms with E-state index in [1.165, 1.54) is 20.8 Å². The van der Waals surface area contributed by atoms with Crippen molar-refractivity contribution in [3.05, 3.63) is 35.9 Å². The summed E-state index contributed by atoms with van der Waals surface area (Å²) in [7, 11) is 0. The van der Waals surface area contributed by atoms with Crippen molar-refractivity contribution in [1.82, 2.24) is 47.9 Å². The smallest absolute Gasteiger partial charge is 0.243 e. The van der Waals surface area contributed by atoms with Crippen molar-refractivity contribution in [2.45, 2.75) is 122 Å². The molecule has 21 nitrogen and oxygen atoms in total. The number of nitrogens with zero attached hydrogens (tertiary/aromatic N) is 1. The molecule has 7 atom stereocenters. The third-order valence-corrected chi connectivity index (χ3v) is 9.25.